The molecule has 1 aromatic heterocycles. The quantitative estimate of drug-likeness (QED) is 0.286. The number of amides is 1. The van der Waals surface area contributed by atoms with E-state index >= 15 is 0 Å². The molecule has 168 valence electrons. The van der Waals surface area contributed by atoms with Crippen LogP contribution in [0.1, 0.15) is 24.2 Å². The molecule has 0 aliphatic rings. The number of rotatable bonds is 8. The van der Waals surface area contributed by atoms with Gasteiger partial charge in [-0.3, -0.25) is 14.2 Å². The molecule has 1 amide bonds. The van der Waals surface area contributed by atoms with Gasteiger partial charge in [-0.05, 0) is 36.2 Å². The maximum atomic E-state index is 13.4. The van der Waals surface area contributed by atoms with Crippen LogP contribution in [-0.4, -0.2) is 22.6 Å². The number of carbonyl (C=O) groups is 1. The van der Waals surface area contributed by atoms with Crippen LogP contribution in [0.4, 0.5) is 5.69 Å². The van der Waals surface area contributed by atoms with E-state index in [1.807, 2.05) is 73.7 Å². The van der Waals surface area contributed by atoms with Crippen LogP contribution in [0.2, 0.25) is 0 Å². The van der Waals surface area contributed by atoms with E-state index in [0.717, 1.165) is 12.0 Å². The van der Waals surface area contributed by atoms with E-state index in [1.54, 1.807) is 23.8 Å². The summed E-state index contributed by atoms with van der Waals surface area (Å²) in [5.41, 5.74) is 1.99. The molecule has 6 nitrogen and oxygen atoms in total. The molecule has 0 aliphatic heterocycles. The third-order valence-electron chi connectivity index (χ3n) is 5.17. The van der Waals surface area contributed by atoms with Crippen LogP contribution in [0.25, 0.3) is 10.9 Å². The molecule has 7 heteroatoms. The van der Waals surface area contributed by atoms with E-state index in [4.69, 9.17) is 9.72 Å². The molecule has 33 heavy (non-hydrogen) atoms. The molecule has 0 bridgehead atoms. The second-order valence-corrected chi connectivity index (χ2v) is 8.57. The van der Waals surface area contributed by atoms with Crippen LogP contribution >= 0.6 is 11.8 Å². The van der Waals surface area contributed by atoms with Crippen molar-refractivity contribution in [2.45, 2.75) is 30.3 Å². The number of nitrogens with zero attached hydrogens (tertiary/aromatic N) is 2. The number of methoxy groups -OCH3 is 1. The molecule has 3 aromatic carbocycles. The van der Waals surface area contributed by atoms with Gasteiger partial charge in [0.25, 0.3) is 5.56 Å². The minimum atomic E-state index is -0.603. The zero-order valence-electron chi connectivity index (χ0n) is 18.5. The zero-order chi connectivity index (χ0) is 23.2. The maximum Gasteiger partial charge on any atom is 0.262 e. The van der Waals surface area contributed by atoms with Gasteiger partial charge in [0.05, 0.1) is 18.0 Å². The van der Waals surface area contributed by atoms with Crippen molar-refractivity contribution in [3.05, 3.63) is 94.8 Å². The second-order valence-electron chi connectivity index (χ2n) is 7.50. The molecule has 0 spiro atoms. The Hall–Kier alpha value is -3.58. The SMILES string of the molecule is CCCn1c(S[C@@H](C(=O)Nc2cccc(OC)c2)c2ccccc2)nc2ccccc2c1=O. The molecule has 4 rings (SSSR count). The summed E-state index contributed by atoms with van der Waals surface area (Å²) in [6.45, 7) is 2.54. The Morgan fingerprint density at radius 3 is 2.58 bits per heavy atom. The molecule has 1 heterocycles. The van der Waals surface area contributed by atoms with E-state index in [0.29, 0.717) is 34.0 Å². The third kappa shape index (κ3) is 5.09. The first-order chi connectivity index (χ1) is 16.1. The largest absolute Gasteiger partial charge is 0.497 e. The molecule has 0 saturated carbocycles. The average Bonchev–Trinajstić information content (AvgIpc) is 2.85. The topological polar surface area (TPSA) is 73.2 Å². The molecular weight excluding hydrogens is 434 g/mol. The first kappa shape index (κ1) is 22.6. The summed E-state index contributed by atoms with van der Waals surface area (Å²) in [4.78, 5) is 31.4. The van der Waals surface area contributed by atoms with E-state index in [1.165, 1.54) is 11.8 Å². The van der Waals surface area contributed by atoms with Crippen molar-refractivity contribution in [3.63, 3.8) is 0 Å². The number of carbonyl (C=O) groups excluding carboxylic acids is 1. The van der Waals surface area contributed by atoms with Gasteiger partial charge in [0.15, 0.2) is 5.16 Å². The minimum absolute atomic E-state index is 0.0926. The highest BCUT2D eigenvalue weighted by atomic mass is 32.2. The van der Waals surface area contributed by atoms with Crippen molar-refractivity contribution in [3.8, 4) is 5.75 Å². The Morgan fingerprint density at radius 2 is 1.82 bits per heavy atom. The van der Waals surface area contributed by atoms with Crippen molar-refractivity contribution < 1.29 is 9.53 Å². The van der Waals surface area contributed by atoms with Crippen LogP contribution in [0.3, 0.4) is 0 Å². The number of ether oxygens (including phenoxy) is 1. The molecular formula is C26H25N3O3S. The number of thioether (sulfide) groups is 1. The van der Waals surface area contributed by atoms with Gasteiger partial charge in [0.2, 0.25) is 5.91 Å². The number of para-hydroxylation sites is 1. The third-order valence-corrected chi connectivity index (χ3v) is 6.42. The van der Waals surface area contributed by atoms with Crippen LogP contribution < -0.4 is 15.6 Å². The van der Waals surface area contributed by atoms with E-state index < -0.39 is 5.25 Å². The summed E-state index contributed by atoms with van der Waals surface area (Å²) in [5.74, 6) is 0.453. The van der Waals surface area contributed by atoms with Crippen molar-refractivity contribution >= 4 is 34.3 Å². The molecule has 1 atom stereocenters. The lowest BCUT2D eigenvalue weighted by Gasteiger charge is -2.19. The fourth-order valence-corrected chi connectivity index (χ4v) is 4.70. The highest BCUT2D eigenvalue weighted by Gasteiger charge is 2.25. The summed E-state index contributed by atoms with van der Waals surface area (Å²) in [7, 11) is 1.59. The van der Waals surface area contributed by atoms with E-state index in [9.17, 15) is 9.59 Å². The molecule has 4 aromatic rings. The summed E-state index contributed by atoms with van der Waals surface area (Å²) in [5, 5.41) is 3.48. The highest BCUT2D eigenvalue weighted by Crippen LogP contribution is 2.36. The standard InChI is InChI=1S/C26H25N3O3S/c1-3-16-29-25(31)21-14-7-8-15-22(21)28-26(29)33-23(18-10-5-4-6-11-18)24(30)27-19-12-9-13-20(17-19)32-2/h4-15,17,23H,3,16H2,1-2H3,(H,27,30)/t23-/m1/s1. The van der Waals surface area contributed by atoms with Crippen molar-refractivity contribution in [1.29, 1.82) is 0 Å². The fraction of sp³-hybridized carbons (Fsp3) is 0.192. The first-order valence-electron chi connectivity index (χ1n) is 10.8. The van der Waals surface area contributed by atoms with Gasteiger partial charge in [0.1, 0.15) is 11.0 Å². The molecule has 0 fully saturated rings. The molecule has 1 N–H and O–H groups in total. The predicted molar refractivity (Wildman–Crippen MR) is 133 cm³/mol. The summed E-state index contributed by atoms with van der Waals surface area (Å²) in [6.07, 6.45) is 0.777. The van der Waals surface area contributed by atoms with Gasteiger partial charge >= 0.3 is 0 Å². The molecule has 0 saturated heterocycles. The number of hydrogen-bond donors (Lipinski definition) is 1. The lowest BCUT2D eigenvalue weighted by Crippen LogP contribution is -2.25. The smallest absolute Gasteiger partial charge is 0.262 e. The van der Waals surface area contributed by atoms with Crippen molar-refractivity contribution in [2.24, 2.45) is 0 Å². The average molecular weight is 460 g/mol. The van der Waals surface area contributed by atoms with Crippen LogP contribution in [0.15, 0.2) is 88.8 Å². The Morgan fingerprint density at radius 1 is 1.06 bits per heavy atom. The number of fused-ring (bicyclic) bond motifs is 1. The Bertz CT molecular complexity index is 1320. The number of hydrogen-bond acceptors (Lipinski definition) is 5. The second kappa shape index (κ2) is 10.4. The monoisotopic (exact) mass is 459 g/mol. The molecule has 0 aliphatic carbocycles. The van der Waals surface area contributed by atoms with Gasteiger partial charge in [-0.25, -0.2) is 4.98 Å². The van der Waals surface area contributed by atoms with E-state index in [-0.39, 0.29) is 11.5 Å². The Labute approximate surface area is 196 Å². The fourth-order valence-electron chi connectivity index (χ4n) is 3.57. The Balaban J connectivity index is 1.74. The van der Waals surface area contributed by atoms with Crippen molar-refractivity contribution in [2.75, 3.05) is 12.4 Å². The van der Waals surface area contributed by atoms with E-state index in [2.05, 4.69) is 5.32 Å². The number of anilines is 1. The van der Waals surface area contributed by atoms with Gasteiger partial charge in [-0.1, -0.05) is 67.2 Å². The van der Waals surface area contributed by atoms with Gasteiger partial charge in [-0.15, -0.1) is 0 Å². The zero-order valence-corrected chi connectivity index (χ0v) is 19.3. The normalized spacial score (nSPS) is 11.8. The first-order valence-corrected chi connectivity index (χ1v) is 11.6. The highest BCUT2D eigenvalue weighted by molar-refractivity contribution is 8.00. The van der Waals surface area contributed by atoms with Gasteiger partial charge in [-0.2, -0.15) is 0 Å². The van der Waals surface area contributed by atoms with Crippen LogP contribution in [-0.2, 0) is 11.3 Å². The lowest BCUT2D eigenvalue weighted by atomic mass is 10.1. The minimum Gasteiger partial charge on any atom is -0.497 e. The number of nitrogens with one attached hydrogen (secondary N) is 1. The van der Waals surface area contributed by atoms with Crippen LogP contribution in [0.5, 0.6) is 5.75 Å². The summed E-state index contributed by atoms with van der Waals surface area (Å²) < 4.78 is 6.94. The predicted octanol–water partition coefficient (Wildman–Crippen LogP) is 5.29. The molecule has 0 unspecified atom stereocenters. The number of benzene rings is 3. The summed E-state index contributed by atoms with van der Waals surface area (Å²) in [6, 6.07) is 24.1. The number of aromatic nitrogens is 2. The van der Waals surface area contributed by atoms with Crippen molar-refractivity contribution in [1.82, 2.24) is 9.55 Å². The van der Waals surface area contributed by atoms with Gasteiger partial charge in [0, 0.05) is 18.3 Å². The summed E-state index contributed by atoms with van der Waals surface area (Å²) >= 11 is 1.28. The maximum absolute atomic E-state index is 13.4. The Kier molecular flexibility index (Phi) is 7.10. The van der Waals surface area contributed by atoms with Gasteiger partial charge < -0.3 is 10.1 Å². The lowest BCUT2D eigenvalue weighted by molar-refractivity contribution is -0.115. The molecule has 0 radical (unpaired) electrons. The van der Waals surface area contributed by atoms with Crippen LogP contribution in [0, 0.1) is 0 Å².